The van der Waals surface area contributed by atoms with Gasteiger partial charge in [-0.15, -0.1) is 0 Å². The molecule has 0 radical (unpaired) electrons. The second-order valence-electron chi connectivity index (χ2n) is 4.26. The zero-order chi connectivity index (χ0) is 13.8. The minimum absolute atomic E-state index is 0.115. The van der Waals surface area contributed by atoms with E-state index in [0.29, 0.717) is 5.56 Å². The Hall–Kier alpha value is -1.81. The third-order valence-corrected chi connectivity index (χ3v) is 3.32. The van der Waals surface area contributed by atoms with E-state index in [0.717, 1.165) is 21.4 Å². The van der Waals surface area contributed by atoms with E-state index in [-0.39, 0.29) is 5.91 Å². The van der Waals surface area contributed by atoms with Gasteiger partial charge in [0.2, 0.25) is 0 Å². The lowest BCUT2D eigenvalue weighted by atomic mass is 10.1. The monoisotopic (exact) mass is 318 g/mol. The minimum Gasteiger partial charge on any atom is -0.387 e. The number of aryl methyl sites for hydroxylation is 1. The predicted molar refractivity (Wildman–Crippen MR) is 82.8 cm³/mol. The smallest absolute Gasteiger partial charge is 0.257 e. The van der Waals surface area contributed by atoms with Crippen molar-refractivity contribution in [3.8, 4) is 0 Å². The lowest BCUT2D eigenvalue weighted by Gasteiger charge is -2.11. The van der Waals surface area contributed by atoms with E-state index in [2.05, 4.69) is 26.6 Å². The first kappa shape index (κ1) is 13.6. The lowest BCUT2D eigenvalue weighted by Crippen LogP contribution is -2.14. The summed E-state index contributed by atoms with van der Waals surface area (Å²) in [7, 11) is 1.81. The summed E-state index contributed by atoms with van der Waals surface area (Å²) >= 11 is 3.37. The highest BCUT2D eigenvalue weighted by Gasteiger charge is 2.11. The average molecular weight is 319 g/mol. The number of nitrogens with one attached hydrogen (secondary N) is 2. The fraction of sp³-hybridized carbons (Fsp3) is 0.133. The van der Waals surface area contributed by atoms with Crippen LogP contribution in [-0.2, 0) is 0 Å². The highest BCUT2D eigenvalue weighted by molar-refractivity contribution is 9.10. The molecule has 4 heteroatoms. The van der Waals surface area contributed by atoms with Crippen molar-refractivity contribution in [1.29, 1.82) is 0 Å². The molecule has 0 aromatic heterocycles. The Bertz CT molecular complexity index is 594. The number of carbonyl (C=O) groups is 1. The quantitative estimate of drug-likeness (QED) is 0.896. The Balaban J connectivity index is 2.24. The number of amides is 1. The van der Waals surface area contributed by atoms with Gasteiger partial charge in [0.25, 0.3) is 5.91 Å². The van der Waals surface area contributed by atoms with Crippen LogP contribution in [0.15, 0.2) is 46.9 Å². The van der Waals surface area contributed by atoms with Crippen LogP contribution in [0.5, 0.6) is 0 Å². The van der Waals surface area contributed by atoms with E-state index in [1.807, 2.05) is 49.4 Å². The molecule has 0 saturated heterocycles. The number of anilines is 2. The fourth-order valence-electron chi connectivity index (χ4n) is 1.80. The van der Waals surface area contributed by atoms with Gasteiger partial charge in [0.1, 0.15) is 0 Å². The Morgan fingerprint density at radius 3 is 2.42 bits per heavy atom. The molecule has 1 amide bonds. The van der Waals surface area contributed by atoms with Gasteiger partial charge in [0, 0.05) is 22.9 Å². The molecule has 0 aliphatic heterocycles. The van der Waals surface area contributed by atoms with Crippen molar-refractivity contribution < 1.29 is 4.79 Å². The molecule has 0 fully saturated rings. The molecule has 0 bridgehead atoms. The van der Waals surface area contributed by atoms with Crippen molar-refractivity contribution in [3.05, 3.63) is 58.1 Å². The predicted octanol–water partition coefficient (Wildman–Crippen LogP) is 4.05. The highest BCUT2D eigenvalue weighted by Crippen LogP contribution is 2.20. The zero-order valence-corrected chi connectivity index (χ0v) is 12.4. The van der Waals surface area contributed by atoms with Gasteiger partial charge in [-0.2, -0.15) is 0 Å². The van der Waals surface area contributed by atoms with Crippen LogP contribution >= 0.6 is 15.9 Å². The SMILES string of the molecule is CNc1ccc(C)cc1C(=O)Nc1ccc(Br)cc1. The Morgan fingerprint density at radius 2 is 1.79 bits per heavy atom. The second-order valence-corrected chi connectivity index (χ2v) is 5.18. The van der Waals surface area contributed by atoms with Crippen LogP contribution in [0.2, 0.25) is 0 Å². The second kappa shape index (κ2) is 5.89. The van der Waals surface area contributed by atoms with Gasteiger partial charge >= 0.3 is 0 Å². The molecule has 0 aliphatic rings. The summed E-state index contributed by atoms with van der Waals surface area (Å²) in [5.41, 5.74) is 3.29. The molecule has 3 nitrogen and oxygen atoms in total. The summed E-state index contributed by atoms with van der Waals surface area (Å²) in [6.45, 7) is 1.97. The maximum absolute atomic E-state index is 12.3. The molecular formula is C15H15BrN2O. The normalized spacial score (nSPS) is 10.1. The van der Waals surface area contributed by atoms with Crippen LogP contribution in [0, 0.1) is 6.92 Å². The van der Waals surface area contributed by atoms with Crippen LogP contribution in [0.3, 0.4) is 0 Å². The van der Waals surface area contributed by atoms with Crippen LogP contribution < -0.4 is 10.6 Å². The maximum Gasteiger partial charge on any atom is 0.257 e. The molecule has 0 spiro atoms. The van der Waals surface area contributed by atoms with Gasteiger partial charge in [-0.05, 0) is 43.3 Å². The number of carbonyl (C=O) groups excluding carboxylic acids is 1. The molecule has 0 aliphatic carbocycles. The van der Waals surface area contributed by atoms with Gasteiger partial charge in [-0.1, -0.05) is 27.6 Å². The van der Waals surface area contributed by atoms with Crippen molar-refractivity contribution in [1.82, 2.24) is 0 Å². The van der Waals surface area contributed by atoms with Gasteiger partial charge in [-0.25, -0.2) is 0 Å². The van der Waals surface area contributed by atoms with Crippen molar-refractivity contribution in [2.45, 2.75) is 6.92 Å². The molecule has 2 aromatic rings. The Kier molecular flexibility index (Phi) is 4.22. The molecule has 2 N–H and O–H groups in total. The molecule has 0 unspecified atom stereocenters. The Labute approximate surface area is 121 Å². The summed E-state index contributed by atoms with van der Waals surface area (Å²) in [5.74, 6) is -0.115. The minimum atomic E-state index is -0.115. The largest absolute Gasteiger partial charge is 0.387 e. The van der Waals surface area contributed by atoms with Crippen LogP contribution in [0.4, 0.5) is 11.4 Å². The van der Waals surface area contributed by atoms with Gasteiger partial charge in [0.05, 0.1) is 5.56 Å². The third-order valence-electron chi connectivity index (χ3n) is 2.79. The van der Waals surface area contributed by atoms with Crippen molar-refractivity contribution >= 4 is 33.2 Å². The van der Waals surface area contributed by atoms with Gasteiger partial charge < -0.3 is 10.6 Å². The average Bonchev–Trinajstić information content (AvgIpc) is 2.41. The van der Waals surface area contributed by atoms with Crippen LogP contribution in [0.25, 0.3) is 0 Å². The first-order valence-electron chi connectivity index (χ1n) is 5.95. The van der Waals surface area contributed by atoms with E-state index >= 15 is 0 Å². The summed E-state index contributed by atoms with van der Waals surface area (Å²) in [6, 6.07) is 13.3. The molecular weight excluding hydrogens is 304 g/mol. The Morgan fingerprint density at radius 1 is 1.11 bits per heavy atom. The van der Waals surface area contributed by atoms with E-state index in [4.69, 9.17) is 0 Å². The lowest BCUT2D eigenvalue weighted by molar-refractivity contribution is 0.102. The molecule has 0 saturated carbocycles. The molecule has 0 atom stereocenters. The van der Waals surface area contributed by atoms with Crippen LogP contribution in [0.1, 0.15) is 15.9 Å². The number of benzene rings is 2. The van der Waals surface area contributed by atoms with Crippen molar-refractivity contribution in [2.24, 2.45) is 0 Å². The third kappa shape index (κ3) is 3.35. The highest BCUT2D eigenvalue weighted by atomic mass is 79.9. The fourth-order valence-corrected chi connectivity index (χ4v) is 2.06. The first-order valence-corrected chi connectivity index (χ1v) is 6.75. The van der Waals surface area contributed by atoms with Crippen molar-refractivity contribution in [3.63, 3.8) is 0 Å². The number of hydrogen-bond donors (Lipinski definition) is 2. The zero-order valence-electron chi connectivity index (χ0n) is 10.8. The van der Waals surface area contributed by atoms with Crippen LogP contribution in [-0.4, -0.2) is 13.0 Å². The summed E-state index contributed by atoms with van der Waals surface area (Å²) in [6.07, 6.45) is 0. The topological polar surface area (TPSA) is 41.1 Å². The van der Waals surface area contributed by atoms with Gasteiger partial charge in [0.15, 0.2) is 0 Å². The molecule has 2 rings (SSSR count). The summed E-state index contributed by atoms with van der Waals surface area (Å²) in [4.78, 5) is 12.3. The van der Waals surface area contributed by atoms with Gasteiger partial charge in [-0.3, -0.25) is 4.79 Å². The molecule has 2 aromatic carbocycles. The van der Waals surface area contributed by atoms with E-state index in [9.17, 15) is 4.79 Å². The standard InChI is InChI=1S/C15H15BrN2O/c1-10-3-8-14(17-2)13(9-10)15(19)18-12-6-4-11(16)5-7-12/h3-9,17H,1-2H3,(H,18,19). The number of halogens is 1. The number of hydrogen-bond acceptors (Lipinski definition) is 2. The summed E-state index contributed by atoms with van der Waals surface area (Å²) < 4.78 is 0.983. The van der Waals surface area contributed by atoms with E-state index in [1.165, 1.54) is 0 Å². The molecule has 19 heavy (non-hydrogen) atoms. The summed E-state index contributed by atoms with van der Waals surface area (Å²) in [5, 5.41) is 5.92. The maximum atomic E-state index is 12.3. The first-order chi connectivity index (χ1) is 9.10. The van der Waals surface area contributed by atoms with E-state index in [1.54, 1.807) is 7.05 Å². The molecule has 0 heterocycles. The van der Waals surface area contributed by atoms with Crippen molar-refractivity contribution in [2.75, 3.05) is 17.7 Å². The number of rotatable bonds is 3. The van der Waals surface area contributed by atoms with E-state index < -0.39 is 0 Å². The molecule has 98 valence electrons.